The van der Waals surface area contributed by atoms with Crippen LogP contribution in [0.3, 0.4) is 0 Å². The van der Waals surface area contributed by atoms with Crippen LogP contribution in [0, 0.1) is 0 Å². The summed E-state index contributed by atoms with van der Waals surface area (Å²) in [6.07, 6.45) is 0. The first-order valence-corrected chi connectivity index (χ1v) is 7.49. The predicted octanol–water partition coefficient (Wildman–Crippen LogP) is 1.40. The average molecular weight is 307 g/mol. The molecule has 0 bridgehead atoms. The Morgan fingerprint density at radius 1 is 1.14 bits per heavy atom. The molecule has 3 N–H and O–H groups in total. The fraction of sp³-hybridized carbons (Fsp3) is 0.0714. The highest BCUT2D eigenvalue weighted by Gasteiger charge is 2.17. The molecule has 0 saturated carbocycles. The molecule has 0 aliphatic heterocycles. The summed E-state index contributed by atoms with van der Waals surface area (Å²) in [7, 11) is -3.96. The van der Waals surface area contributed by atoms with Crippen LogP contribution in [-0.2, 0) is 21.4 Å². The van der Waals surface area contributed by atoms with Crippen molar-refractivity contribution in [1.82, 2.24) is 0 Å². The first-order chi connectivity index (χ1) is 9.88. The van der Waals surface area contributed by atoms with Crippen molar-refractivity contribution in [3.63, 3.8) is 0 Å². The minimum absolute atomic E-state index is 0.0126. The molecule has 0 saturated heterocycles. The minimum atomic E-state index is -3.96. The number of primary sulfonamides is 1. The molecule has 2 aromatic rings. The number of ether oxygens (including phenoxy) is 1. The summed E-state index contributed by atoms with van der Waals surface area (Å²) < 4.78 is 27.5. The number of aromatic hydroxyl groups is 1. The van der Waals surface area contributed by atoms with Crippen LogP contribution >= 0.6 is 0 Å². The van der Waals surface area contributed by atoms with Gasteiger partial charge in [-0.2, -0.15) is 0 Å². The maximum atomic E-state index is 11.9. The lowest BCUT2D eigenvalue weighted by Gasteiger charge is -2.07. The zero-order chi connectivity index (χ0) is 15.5. The maximum absolute atomic E-state index is 11.9. The van der Waals surface area contributed by atoms with Crippen LogP contribution in [0.1, 0.15) is 15.9 Å². The number of phenolic OH excluding ortho intramolecular Hbond substituents is 1. The van der Waals surface area contributed by atoms with Crippen molar-refractivity contribution in [1.29, 1.82) is 0 Å². The first-order valence-electron chi connectivity index (χ1n) is 5.95. The van der Waals surface area contributed by atoms with Gasteiger partial charge in [0, 0.05) is 0 Å². The average Bonchev–Trinajstić information content (AvgIpc) is 2.45. The van der Waals surface area contributed by atoms with Crippen LogP contribution < -0.4 is 5.14 Å². The van der Waals surface area contributed by atoms with Crippen LogP contribution in [0.2, 0.25) is 0 Å². The fourth-order valence-corrected chi connectivity index (χ4v) is 2.20. The molecule has 110 valence electrons. The largest absolute Gasteiger partial charge is 0.507 e. The zero-order valence-electron chi connectivity index (χ0n) is 10.9. The van der Waals surface area contributed by atoms with E-state index in [1.165, 1.54) is 0 Å². The van der Waals surface area contributed by atoms with Gasteiger partial charge in [0.25, 0.3) is 0 Å². The van der Waals surface area contributed by atoms with Crippen LogP contribution in [0.15, 0.2) is 53.4 Å². The maximum Gasteiger partial charge on any atom is 0.342 e. The second-order valence-corrected chi connectivity index (χ2v) is 5.85. The number of carbonyl (C=O) groups is 1. The first kappa shape index (κ1) is 15.0. The molecule has 2 aromatic carbocycles. The van der Waals surface area contributed by atoms with Gasteiger partial charge in [-0.05, 0) is 23.8 Å². The summed E-state index contributed by atoms with van der Waals surface area (Å²) in [6, 6.07) is 12.1. The van der Waals surface area contributed by atoms with E-state index in [-0.39, 0.29) is 22.8 Å². The SMILES string of the molecule is NS(=O)(=O)c1ccc(O)c(C(=O)OCc2ccccc2)c1. The summed E-state index contributed by atoms with van der Waals surface area (Å²) >= 11 is 0. The number of hydrogen-bond acceptors (Lipinski definition) is 5. The highest BCUT2D eigenvalue weighted by atomic mass is 32.2. The molecular formula is C14H13NO5S. The Kier molecular flexibility index (Phi) is 4.25. The van der Waals surface area contributed by atoms with E-state index in [2.05, 4.69) is 0 Å². The van der Waals surface area contributed by atoms with Gasteiger partial charge in [-0.15, -0.1) is 0 Å². The van der Waals surface area contributed by atoms with E-state index in [4.69, 9.17) is 9.88 Å². The van der Waals surface area contributed by atoms with E-state index in [1.54, 1.807) is 24.3 Å². The van der Waals surface area contributed by atoms with Gasteiger partial charge in [0.2, 0.25) is 10.0 Å². The van der Waals surface area contributed by atoms with E-state index < -0.39 is 16.0 Å². The van der Waals surface area contributed by atoms with E-state index in [0.717, 1.165) is 23.8 Å². The number of benzene rings is 2. The standard InChI is InChI=1S/C14H13NO5S/c15-21(18,19)11-6-7-13(16)12(8-11)14(17)20-9-10-4-2-1-3-5-10/h1-8,16H,9H2,(H2,15,18,19). The minimum Gasteiger partial charge on any atom is -0.507 e. The molecule has 0 spiro atoms. The molecule has 2 rings (SSSR count). The third-order valence-electron chi connectivity index (χ3n) is 2.73. The highest BCUT2D eigenvalue weighted by Crippen LogP contribution is 2.22. The third kappa shape index (κ3) is 3.80. The number of hydrogen-bond donors (Lipinski definition) is 2. The van der Waals surface area contributed by atoms with Crippen molar-refractivity contribution in [2.24, 2.45) is 5.14 Å². The van der Waals surface area contributed by atoms with Gasteiger partial charge in [0.1, 0.15) is 17.9 Å². The summed E-state index contributed by atoms with van der Waals surface area (Å²) in [6.45, 7) is 0.0126. The predicted molar refractivity (Wildman–Crippen MR) is 75.0 cm³/mol. The summed E-state index contributed by atoms with van der Waals surface area (Å²) in [5.41, 5.74) is 0.519. The Morgan fingerprint density at radius 3 is 2.43 bits per heavy atom. The molecule has 0 aliphatic carbocycles. The molecular weight excluding hydrogens is 294 g/mol. The second kappa shape index (κ2) is 5.94. The number of nitrogens with two attached hydrogens (primary N) is 1. The Bertz CT molecular complexity index is 756. The molecule has 0 aliphatic rings. The Labute approximate surface area is 121 Å². The quantitative estimate of drug-likeness (QED) is 0.830. The van der Waals surface area contributed by atoms with E-state index in [0.29, 0.717) is 0 Å². The van der Waals surface area contributed by atoms with Gasteiger partial charge in [-0.1, -0.05) is 30.3 Å². The van der Waals surface area contributed by atoms with E-state index in [9.17, 15) is 18.3 Å². The van der Waals surface area contributed by atoms with Gasteiger partial charge < -0.3 is 9.84 Å². The monoisotopic (exact) mass is 307 g/mol. The molecule has 0 heterocycles. The van der Waals surface area contributed by atoms with Gasteiger partial charge >= 0.3 is 5.97 Å². The van der Waals surface area contributed by atoms with Crippen molar-refractivity contribution >= 4 is 16.0 Å². The summed E-state index contributed by atoms with van der Waals surface area (Å²) in [5.74, 6) is -1.21. The van der Waals surface area contributed by atoms with Gasteiger partial charge in [0.05, 0.1) is 4.90 Å². The molecule has 0 radical (unpaired) electrons. The zero-order valence-corrected chi connectivity index (χ0v) is 11.7. The van der Waals surface area contributed by atoms with E-state index in [1.807, 2.05) is 6.07 Å². The molecule has 7 heteroatoms. The Hall–Kier alpha value is -2.38. The van der Waals surface area contributed by atoms with Crippen molar-refractivity contribution in [3.8, 4) is 5.75 Å². The number of rotatable bonds is 4. The Balaban J connectivity index is 2.19. The molecule has 0 aromatic heterocycles. The number of sulfonamides is 1. The number of carbonyl (C=O) groups excluding carboxylic acids is 1. The smallest absolute Gasteiger partial charge is 0.342 e. The van der Waals surface area contributed by atoms with Crippen LogP contribution in [0.5, 0.6) is 5.75 Å². The highest BCUT2D eigenvalue weighted by molar-refractivity contribution is 7.89. The normalized spacial score (nSPS) is 11.1. The molecule has 0 unspecified atom stereocenters. The van der Waals surface area contributed by atoms with Crippen LogP contribution in [-0.4, -0.2) is 19.5 Å². The summed E-state index contributed by atoms with van der Waals surface area (Å²) in [5, 5.41) is 14.6. The van der Waals surface area contributed by atoms with Crippen LogP contribution in [0.4, 0.5) is 0 Å². The van der Waals surface area contributed by atoms with Crippen molar-refractivity contribution in [2.45, 2.75) is 11.5 Å². The van der Waals surface area contributed by atoms with Crippen molar-refractivity contribution in [2.75, 3.05) is 0 Å². The lowest BCUT2D eigenvalue weighted by atomic mass is 10.2. The van der Waals surface area contributed by atoms with Gasteiger partial charge in [-0.3, -0.25) is 0 Å². The lowest BCUT2D eigenvalue weighted by molar-refractivity contribution is 0.0469. The number of esters is 1. The molecule has 21 heavy (non-hydrogen) atoms. The molecule has 0 amide bonds. The van der Waals surface area contributed by atoms with Gasteiger partial charge in [0.15, 0.2) is 0 Å². The van der Waals surface area contributed by atoms with Crippen molar-refractivity contribution < 1.29 is 23.1 Å². The molecule has 6 nitrogen and oxygen atoms in total. The fourth-order valence-electron chi connectivity index (χ4n) is 1.66. The molecule has 0 atom stereocenters. The second-order valence-electron chi connectivity index (χ2n) is 4.29. The third-order valence-corrected chi connectivity index (χ3v) is 3.64. The topological polar surface area (TPSA) is 107 Å². The van der Waals surface area contributed by atoms with Crippen molar-refractivity contribution in [3.05, 3.63) is 59.7 Å². The Morgan fingerprint density at radius 2 is 1.81 bits per heavy atom. The van der Waals surface area contributed by atoms with E-state index >= 15 is 0 Å². The van der Waals surface area contributed by atoms with Crippen LogP contribution in [0.25, 0.3) is 0 Å². The number of phenols is 1. The van der Waals surface area contributed by atoms with Gasteiger partial charge in [-0.25, -0.2) is 18.4 Å². The molecule has 0 fully saturated rings. The lowest BCUT2D eigenvalue weighted by Crippen LogP contribution is -2.13. The summed E-state index contributed by atoms with van der Waals surface area (Å²) in [4.78, 5) is 11.6.